The minimum absolute atomic E-state index is 0.264. The van der Waals surface area contributed by atoms with Crippen molar-refractivity contribution in [3.63, 3.8) is 0 Å². The topological polar surface area (TPSA) is 59.2 Å². The number of carbonyl (C=O) groups excluding carboxylic acids is 1. The van der Waals surface area contributed by atoms with Crippen molar-refractivity contribution in [2.75, 3.05) is 4.90 Å². The lowest BCUT2D eigenvalue weighted by Crippen LogP contribution is -2.26. The van der Waals surface area contributed by atoms with Gasteiger partial charge in [-0.15, -0.1) is 0 Å². The van der Waals surface area contributed by atoms with E-state index in [-0.39, 0.29) is 5.91 Å². The maximum atomic E-state index is 13.2. The van der Waals surface area contributed by atoms with Gasteiger partial charge in [0.1, 0.15) is 11.3 Å². The smallest absolute Gasteiger partial charge is 0.269 e. The lowest BCUT2D eigenvalue weighted by atomic mass is 10.2. The molecule has 7 heteroatoms. The zero-order valence-corrected chi connectivity index (χ0v) is 14.7. The molecule has 0 fully saturated rings. The van der Waals surface area contributed by atoms with Crippen LogP contribution >= 0.6 is 22.9 Å². The fourth-order valence-corrected chi connectivity index (χ4v) is 3.68. The number of aromatic nitrogens is 2. The van der Waals surface area contributed by atoms with E-state index in [0.29, 0.717) is 27.2 Å². The van der Waals surface area contributed by atoms with Crippen LogP contribution in [0.5, 0.6) is 0 Å². The summed E-state index contributed by atoms with van der Waals surface area (Å²) in [7, 11) is 0. The van der Waals surface area contributed by atoms with E-state index in [1.54, 1.807) is 25.1 Å². The number of para-hydroxylation sites is 1. The van der Waals surface area contributed by atoms with Gasteiger partial charge in [-0.05, 0) is 37.3 Å². The lowest BCUT2D eigenvalue weighted by molar-refractivity contribution is 0.0998. The van der Waals surface area contributed by atoms with E-state index < -0.39 is 0 Å². The maximum absolute atomic E-state index is 13.2. The molecule has 0 aliphatic carbocycles. The van der Waals surface area contributed by atoms with E-state index in [1.165, 1.54) is 22.4 Å². The number of nitrogens with zero attached hydrogens (tertiary/aromatic N) is 3. The molecule has 4 rings (SSSR count). The van der Waals surface area contributed by atoms with Crippen LogP contribution in [0.1, 0.15) is 16.1 Å². The largest absolute Gasteiger partial charge is 0.361 e. The number of hydrogen-bond acceptors (Lipinski definition) is 5. The molecule has 0 aliphatic heterocycles. The SMILES string of the molecule is Cc1oncc1C(=O)N(c1cccc(Cl)c1)c1nc2ccccc2s1. The molecule has 124 valence electrons. The molecule has 0 N–H and O–H groups in total. The first-order valence-electron chi connectivity index (χ1n) is 7.50. The number of fused-ring (bicyclic) bond motifs is 1. The summed E-state index contributed by atoms with van der Waals surface area (Å²) in [6.07, 6.45) is 1.42. The number of anilines is 2. The molecule has 2 heterocycles. The molecule has 2 aromatic heterocycles. The molecule has 4 aromatic rings. The van der Waals surface area contributed by atoms with Crippen molar-refractivity contribution in [2.45, 2.75) is 6.92 Å². The summed E-state index contributed by atoms with van der Waals surface area (Å²) in [5.41, 5.74) is 1.86. The standard InChI is InChI=1S/C18H12ClN3O2S/c1-11-14(10-20-24-11)17(23)22(13-6-4-5-12(19)9-13)18-21-15-7-2-3-8-16(15)25-18/h2-10H,1H3. The van der Waals surface area contributed by atoms with Crippen molar-refractivity contribution in [2.24, 2.45) is 0 Å². The average molecular weight is 370 g/mol. The van der Waals surface area contributed by atoms with E-state index >= 15 is 0 Å². The van der Waals surface area contributed by atoms with Crippen molar-refractivity contribution >= 4 is 49.9 Å². The zero-order valence-electron chi connectivity index (χ0n) is 13.1. The van der Waals surface area contributed by atoms with Crippen LogP contribution in [0.2, 0.25) is 5.02 Å². The van der Waals surface area contributed by atoms with Gasteiger partial charge in [0, 0.05) is 5.02 Å². The van der Waals surface area contributed by atoms with Crippen LogP contribution in [0.3, 0.4) is 0 Å². The van der Waals surface area contributed by atoms with Crippen molar-refractivity contribution < 1.29 is 9.32 Å². The molecular formula is C18H12ClN3O2S. The first-order valence-corrected chi connectivity index (χ1v) is 8.70. The van der Waals surface area contributed by atoms with Gasteiger partial charge in [-0.1, -0.05) is 46.3 Å². The average Bonchev–Trinajstić information content (AvgIpc) is 3.20. The Morgan fingerprint density at radius 3 is 2.76 bits per heavy atom. The van der Waals surface area contributed by atoms with Gasteiger partial charge in [-0.3, -0.25) is 9.69 Å². The third kappa shape index (κ3) is 2.90. The molecule has 0 saturated carbocycles. The van der Waals surface area contributed by atoms with Gasteiger partial charge in [-0.25, -0.2) is 4.98 Å². The van der Waals surface area contributed by atoms with Crippen LogP contribution in [-0.2, 0) is 0 Å². The number of aryl methyl sites for hydroxylation is 1. The van der Waals surface area contributed by atoms with E-state index in [0.717, 1.165) is 10.2 Å². The fraction of sp³-hybridized carbons (Fsp3) is 0.0556. The molecule has 0 bridgehead atoms. The number of hydrogen-bond donors (Lipinski definition) is 0. The molecule has 0 unspecified atom stereocenters. The molecular weight excluding hydrogens is 358 g/mol. The van der Waals surface area contributed by atoms with Gasteiger partial charge < -0.3 is 4.52 Å². The Labute approximate surface area is 152 Å². The lowest BCUT2D eigenvalue weighted by Gasteiger charge is -2.19. The van der Waals surface area contributed by atoms with Crippen molar-refractivity contribution in [1.29, 1.82) is 0 Å². The number of amides is 1. The minimum atomic E-state index is -0.264. The van der Waals surface area contributed by atoms with Crippen LogP contribution in [0.15, 0.2) is 59.3 Å². The second-order valence-corrected chi connectivity index (χ2v) is 6.83. The van der Waals surface area contributed by atoms with Gasteiger partial charge in [0.05, 0.1) is 22.1 Å². The predicted molar refractivity (Wildman–Crippen MR) is 98.8 cm³/mol. The van der Waals surface area contributed by atoms with Crippen LogP contribution in [0, 0.1) is 6.92 Å². The summed E-state index contributed by atoms with van der Waals surface area (Å²) >= 11 is 7.57. The second-order valence-electron chi connectivity index (χ2n) is 5.38. The molecule has 0 radical (unpaired) electrons. The maximum Gasteiger partial charge on any atom is 0.269 e. The van der Waals surface area contributed by atoms with Crippen LogP contribution in [0.4, 0.5) is 10.8 Å². The minimum Gasteiger partial charge on any atom is -0.361 e. The Hall–Kier alpha value is -2.70. The normalized spacial score (nSPS) is 11.0. The first-order chi connectivity index (χ1) is 12.1. The van der Waals surface area contributed by atoms with E-state index in [4.69, 9.17) is 16.1 Å². The molecule has 1 amide bonds. The summed E-state index contributed by atoms with van der Waals surface area (Å²) in [6.45, 7) is 1.70. The van der Waals surface area contributed by atoms with Crippen molar-refractivity contribution in [1.82, 2.24) is 10.1 Å². The number of carbonyl (C=O) groups is 1. The van der Waals surface area contributed by atoms with E-state index in [2.05, 4.69) is 10.1 Å². The summed E-state index contributed by atoms with van der Waals surface area (Å²) in [4.78, 5) is 19.3. The number of thiazole rings is 1. The Balaban J connectivity index is 1.89. The molecule has 0 saturated heterocycles. The van der Waals surface area contributed by atoms with Gasteiger partial charge in [0.25, 0.3) is 5.91 Å². The highest BCUT2D eigenvalue weighted by Gasteiger charge is 2.26. The Kier molecular flexibility index (Phi) is 3.99. The number of rotatable bonds is 3. The Morgan fingerprint density at radius 1 is 1.20 bits per heavy atom. The quantitative estimate of drug-likeness (QED) is 0.496. The third-order valence-corrected chi connectivity index (χ3v) is 4.98. The molecule has 0 spiro atoms. The predicted octanol–water partition coefficient (Wildman–Crippen LogP) is 5.22. The molecule has 25 heavy (non-hydrogen) atoms. The van der Waals surface area contributed by atoms with E-state index in [1.807, 2.05) is 30.3 Å². The van der Waals surface area contributed by atoms with E-state index in [9.17, 15) is 4.79 Å². The number of benzene rings is 2. The highest BCUT2D eigenvalue weighted by Crippen LogP contribution is 2.35. The summed E-state index contributed by atoms with van der Waals surface area (Å²) in [5, 5.41) is 4.81. The highest BCUT2D eigenvalue weighted by molar-refractivity contribution is 7.22. The van der Waals surface area contributed by atoms with Gasteiger partial charge in [0.15, 0.2) is 5.13 Å². The summed E-state index contributed by atoms with van der Waals surface area (Å²) in [5.74, 6) is 0.193. The van der Waals surface area contributed by atoms with Gasteiger partial charge in [0.2, 0.25) is 0 Å². The fourth-order valence-electron chi connectivity index (χ4n) is 2.51. The third-order valence-electron chi connectivity index (χ3n) is 3.72. The summed E-state index contributed by atoms with van der Waals surface area (Å²) < 4.78 is 6.05. The Morgan fingerprint density at radius 2 is 2.04 bits per heavy atom. The van der Waals surface area contributed by atoms with Gasteiger partial charge in [-0.2, -0.15) is 0 Å². The molecule has 5 nitrogen and oxygen atoms in total. The molecule has 0 aliphatic rings. The second kappa shape index (κ2) is 6.31. The molecule has 0 atom stereocenters. The van der Waals surface area contributed by atoms with Crippen molar-refractivity contribution in [3.05, 3.63) is 71.1 Å². The monoisotopic (exact) mass is 369 g/mol. The van der Waals surface area contributed by atoms with Crippen LogP contribution in [-0.4, -0.2) is 16.0 Å². The number of halogens is 1. The first kappa shape index (κ1) is 15.8. The molecule has 2 aromatic carbocycles. The van der Waals surface area contributed by atoms with Crippen molar-refractivity contribution in [3.8, 4) is 0 Å². The Bertz CT molecular complexity index is 1040. The summed E-state index contributed by atoms with van der Waals surface area (Å²) in [6, 6.07) is 14.9. The van der Waals surface area contributed by atoms with Crippen LogP contribution < -0.4 is 4.90 Å². The van der Waals surface area contributed by atoms with Crippen LogP contribution in [0.25, 0.3) is 10.2 Å². The highest BCUT2D eigenvalue weighted by atomic mass is 35.5. The zero-order chi connectivity index (χ0) is 17.4. The van der Waals surface area contributed by atoms with Gasteiger partial charge >= 0.3 is 0 Å².